The van der Waals surface area contributed by atoms with Gasteiger partial charge in [0, 0.05) is 24.6 Å². The van der Waals surface area contributed by atoms with E-state index in [0.29, 0.717) is 17.1 Å². The second-order valence-electron chi connectivity index (χ2n) is 8.73. The highest BCUT2D eigenvalue weighted by Gasteiger charge is 2.29. The van der Waals surface area contributed by atoms with E-state index in [-0.39, 0.29) is 31.6 Å². The Morgan fingerprint density at radius 1 is 0.921 bits per heavy atom. The highest BCUT2D eigenvalue weighted by Crippen LogP contribution is 2.44. The zero-order valence-corrected chi connectivity index (χ0v) is 21.5. The number of fused-ring (bicyclic) bond motifs is 3. The molecule has 0 aromatic heterocycles. The van der Waals surface area contributed by atoms with Crippen molar-refractivity contribution in [3.05, 3.63) is 83.4 Å². The lowest BCUT2D eigenvalue weighted by Crippen LogP contribution is -2.40. The van der Waals surface area contributed by atoms with Crippen molar-refractivity contribution >= 4 is 18.0 Å². The number of hydrogen-bond acceptors (Lipinski definition) is 7. The lowest BCUT2D eigenvalue weighted by Gasteiger charge is -2.17. The number of esters is 1. The summed E-state index contributed by atoms with van der Waals surface area (Å²) in [4.78, 5) is 36.4. The Morgan fingerprint density at radius 2 is 1.58 bits per heavy atom. The van der Waals surface area contributed by atoms with Crippen molar-refractivity contribution in [2.45, 2.75) is 25.5 Å². The van der Waals surface area contributed by atoms with E-state index in [0.717, 1.165) is 22.3 Å². The van der Waals surface area contributed by atoms with Crippen LogP contribution in [0.25, 0.3) is 11.1 Å². The molecule has 0 heterocycles. The van der Waals surface area contributed by atoms with Crippen LogP contribution in [0.1, 0.15) is 29.5 Å². The number of alkyl carbamates (subject to hydrolysis) is 1. The number of ether oxygens (including phenoxy) is 4. The Hall–Kier alpha value is -4.53. The average molecular weight is 519 g/mol. The maximum absolute atomic E-state index is 12.5. The first-order valence-corrected chi connectivity index (χ1v) is 12.2. The monoisotopic (exact) mass is 518 g/mol. The van der Waals surface area contributed by atoms with E-state index < -0.39 is 18.1 Å². The van der Waals surface area contributed by atoms with E-state index in [9.17, 15) is 14.4 Å². The van der Waals surface area contributed by atoms with Crippen molar-refractivity contribution in [2.24, 2.45) is 0 Å². The van der Waals surface area contributed by atoms with E-state index in [1.807, 2.05) is 36.4 Å². The molecule has 9 nitrogen and oxygen atoms in total. The summed E-state index contributed by atoms with van der Waals surface area (Å²) < 4.78 is 21.6. The van der Waals surface area contributed by atoms with Crippen molar-refractivity contribution in [2.75, 3.05) is 27.4 Å². The molecule has 1 atom stereocenters. The van der Waals surface area contributed by atoms with Crippen molar-refractivity contribution in [1.82, 2.24) is 10.6 Å². The Bertz CT molecular complexity index is 1280. The zero-order chi connectivity index (χ0) is 27.1. The minimum atomic E-state index is -0.924. The summed E-state index contributed by atoms with van der Waals surface area (Å²) in [7, 11) is 3.00. The molecule has 2 N–H and O–H groups in total. The van der Waals surface area contributed by atoms with Crippen molar-refractivity contribution in [1.29, 1.82) is 0 Å². The quantitative estimate of drug-likeness (QED) is 0.393. The molecule has 198 valence electrons. The molecule has 0 saturated carbocycles. The zero-order valence-electron chi connectivity index (χ0n) is 21.5. The Balaban J connectivity index is 1.28. The number of benzene rings is 3. The van der Waals surface area contributed by atoms with Gasteiger partial charge in [-0.15, -0.1) is 0 Å². The molecule has 0 spiro atoms. The third-order valence-corrected chi connectivity index (χ3v) is 6.31. The van der Waals surface area contributed by atoms with Crippen LogP contribution in [0.5, 0.6) is 11.5 Å². The number of rotatable bonds is 10. The number of nitrogens with one attached hydrogen (secondary N) is 2. The molecule has 1 aliphatic carbocycles. The van der Waals surface area contributed by atoms with E-state index in [1.54, 1.807) is 18.2 Å². The average Bonchev–Trinajstić information content (AvgIpc) is 3.27. The number of carbonyl (C=O) groups excluding carboxylic acids is 3. The molecule has 0 radical (unpaired) electrons. The van der Waals surface area contributed by atoms with Gasteiger partial charge in [0.1, 0.15) is 30.8 Å². The van der Waals surface area contributed by atoms with Crippen LogP contribution in [0.15, 0.2) is 66.7 Å². The first-order valence-electron chi connectivity index (χ1n) is 12.2. The van der Waals surface area contributed by atoms with Gasteiger partial charge in [-0.1, -0.05) is 48.5 Å². The Morgan fingerprint density at radius 3 is 2.21 bits per heavy atom. The van der Waals surface area contributed by atoms with Crippen LogP contribution in [-0.2, 0) is 25.7 Å². The highest BCUT2D eigenvalue weighted by atomic mass is 16.6. The maximum Gasteiger partial charge on any atom is 0.407 e. The number of methoxy groups -OCH3 is 1. The molecule has 0 saturated heterocycles. The van der Waals surface area contributed by atoms with Crippen LogP contribution in [0.3, 0.4) is 0 Å². The summed E-state index contributed by atoms with van der Waals surface area (Å²) in [5, 5.41) is 5.00. The molecule has 38 heavy (non-hydrogen) atoms. The number of carbonyl (C=O) groups is 3. The van der Waals surface area contributed by atoms with Crippen molar-refractivity contribution < 1.29 is 33.3 Å². The standard InChI is InChI=1S/C29H30N2O7/c1-18(28(33)37-15-19-12-13-20(14-26(19)35-3)36-17-27(32)30-2)31-29(34)38-16-25-23-10-6-4-8-21(23)22-9-5-7-11-24(22)25/h4-14,18,25H,15-17H2,1-3H3,(H,30,32)(H,31,34)/t18-/m0/s1. The molecular formula is C29H30N2O7. The van der Waals surface area contributed by atoms with Crippen LogP contribution >= 0.6 is 0 Å². The van der Waals surface area contributed by atoms with Crippen molar-refractivity contribution in [3.63, 3.8) is 0 Å². The first-order chi connectivity index (χ1) is 18.4. The molecule has 3 aromatic carbocycles. The van der Waals surface area contributed by atoms with Gasteiger partial charge in [0.15, 0.2) is 6.61 Å². The molecule has 2 amide bonds. The fourth-order valence-corrected chi connectivity index (χ4v) is 4.30. The molecule has 4 rings (SSSR count). The van der Waals surface area contributed by atoms with Crippen LogP contribution in [-0.4, -0.2) is 51.4 Å². The van der Waals surface area contributed by atoms with Gasteiger partial charge in [0.05, 0.1) is 7.11 Å². The fraction of sp³-hybridized carbons (Fsp3) is 0.276. The van der Waals surface area contributed by atoms with Crippen LogP contribution < -0.4 is 20.1 Å². The number of likely N-dealkylation sites (N-methyl/N-ethyl adjacent to an activating group) is 1. The predicted molar refractivity (Wildman–Crippen MR) is 140 cm³/mol. The van der Waals surface area contributed by atoms with E-state index in [1.165, 1.54) is 21.1 Å². The summed E-state index contributed by atoms with van der Waals surface area (Å²) >= 11 is 0. The van der Waals surface area contributed by atoms with Gasteiger partial charge in [-0.05, 0) is 41.3 Å². The number of amides is 2. The molecule has 3 aromatic rings. The molecule has 0 bridgehead atoms. The van der Waals surface area contributed by atoms with Gasteiger partial charge in [0.2, 0.25) is 0 Å². The molecule has 9 heteroatoms. The highest BCUT2D eigenvalue weighted by molar-refractivity contribution is 5.81. The molecular weight excluding hydrogens is 488 g/mol. The SMILES string of the molecule is CNC(=O)COc1ccc(COC(=O)[C@H](C)NC(=O)OCC2c3ccccc3-c3ccccc32)c(OC)c1. The van der Waals surface area contributed by atoms with Crippen LogP contribution in [0.4, 0.5) is 4.79 Å². The molecule has 1 aliphatic rings. The minimum Gasteiger partial charge on any atom is -0.496 e. The Labute approximate surface area is 221 Å². The van der Waals surface area contributed by atoms with Crippen LogP contribution in [0.2, 0.25) is 0 Å². The van der Waals surface area contributed by atoms with Crippen LogP contribution in [0, 0.1) is 0 Å². The summed E-state index contributed by atoms with van der Waals surface area (Å²) in [6.45, 7) is 1.46. The summed E-state index contributed by atoms with van der Waals surface area (Å²) in [5.41, 5.74) is 5.08. The second-order valence-corrected chi connectivity index (χ2v) is 8.73. The topological polar surface area (TPSA) is 112 Å². The van der Waals surface area contributed by atoms with Gasteiger partial charge in [-0.3, -0.25) is 4.79 Å². The summed E-state index contributed by atoms with van der Waals surface area (Å²) in [6, 6.07) is 20.1. The van der Waals surface area contributed by atoms with Crippen molar-refractivity contribution in [3.8, 4) is 22.6 Å². The Kier molecular flexibility index (Phi) is 8.47. The number of hydrogen-bond donors (Lipinski definition) is 2. The fourth-order valence-electron chi connectivity index (χ4n) is 4.30. The first kappa shape index (κ1) is 26.5. The van der Waals surface area contributed by atoms with Gasteiger partial charge in [-0.2, -0.15) is 0 Å². The maximum atomic E-state index is 12.5. The van der Waals surface area contributed by atoms with E-state index >= 15 is 0 Å². The summed E-state index contributed by atoms with van der Waals surface area (Å²) in [6.07, 6.45) is -0.702. The second kappa shape index (κ2) is 12.1. The molecule has 0 aliphatic heterocycles. The smallest absolute Gasteiger partial charge is 0.407 e. The third kappa shape index (κ3) is 6.05. The van der Waals surface area contributed by atoms with E-state index in [2.05, 4.69) is 22.8 Å². The summed E-state index contributed by atoms with van der Waals surface area (Å²) in [5.74, 6) is -0.0956. The molecule has 0 unspecified atom stereocenters. The van der Waals surface area contributed by atoms with Gasteiger partial charge < -0.3 is 29.6 Å². The third-order valence-electron chi connectivity index (χ3n) is 6.31. The van der Waals surface area contributed by atoms with Gasteiger partial charge in [0.25, 0.3) is 5.91 Å². The van der Waals surface area contributed by atoms with Gasteiger partial charge in [-0.25, -0.2) is 9.59 Å². The largest absolute Gasteiger partial charge is 0.496 e. The lowest BCUT2D eigenvalue weighted by atomic mass is 9.98. The van der Waals surface area contributed by atoms with Gasteiger partial charge >= 0.3 is 12.1 Å². The minimum absolute atomic E-state index is 0.0750. The lowest BCUT2D eigenvalue weighted by molar-refractivity contribution is -0.146. The molecule has 0 fully saturated rings. The predicted octanol–water partition coefficient (Wildman–Crippen LogP) is 3.79. The van der Waals surface area contributed by atoms with E-state index in [4.69, 9.17) is 18.9 Å². The normalized spacial score (nSPS) is 12.5.